The number of carbonyl (C=O) groups excluding carboxylic acids is 2. The Morgan fingerprint density at radius 1 is 1.12 bits per heavy atom. The molecule has 134 valence electrons. The largest absolute Gasteiger partial charge is 0.451 e. The lowest BCUT2D eigenvalue weighted by molar-refractivity contribution is -0.134. The van der Waals surface area contributed by atoms with Gasteiger partial charge in [-0.3, -0.25) is 4.79 Å². The fourth-order valence-corrected chi connectivity index (χ4v) is 2.71. The molecule has 3 aromatic rings. The van der Waals surface area contributed by atoms with Crippen LogP contribution in [0.5, 0.6) is 0 Å². The number of hydrogen-bond donors (Lipinski definition) is 1. The van der Waals surface area contributed by atoms with E-state index in [0.29, 0.717) is 17.8 Å². The molecule has 0 spiro atoms. The molecular weight excluding hydrogens is 335 g/mol. The number of halogens is 1. The number of ether oxygens (including phenoxy) is 1. The van der Waals surface area contributed by atoms with Gasteiger partial charge < -0.3 is 14.6 Å². The Labute approximate surface area is 150 Å². The third-order valence-electron chi connectivity index (χ3n) is 4.07. The van der Waals surface area contributed by atoms with E-state index in [1.165, 1.54) is 17.0 Å². The maximum atomic E-state index is 13.3. The van der Waals surface area contributed by atoms with Crippen molar-refractivity contribution in [1.82, 2.24) is 9.88 Å². The zero-order valence-corrected chi connectivity index (χ0v) is 14.4. The standard InChI is InChI=1S/C20H19FN2O3/c1-2-23(12-14-6-5-8-16(21)10-14)19(24)13-26-20(25)18-11-15-7-3-4-9-17(15)22-18/h3-11,22H,2,12-13H2,1H3. The number of likely N-dealkylation sites (N-methyl/N-ethyl adjacent to an activating group) is 1. The minimum atomic E-state index is -0.587. The van der Waals surface area contributed by atoms with Crippen LogP contribution in [0.15, 0.2) is 54.6 Å². The molecule has 0 radical (unpaired) electrons. The smallest absolute Gasteiger partial charge is 0.355 e. The minimum Gasteiger partial charge on any atom is -0.451 e. The van der Waals surface area contributed by atoms with Crippen molar-refractivity contribution in [2.24, 2.45) is 0 Å². The van der Waals surface area contributed by atoms with Gasteiger partial charge in [-0.25, -0.2) is 9.18 Å². The van der Waals surface area contributed by atoms with Gasteiger partial charge in [0.2, 0.25) is 0 Å². The summed E-state index contributed by atoms with van der Waals surface area (Å²) in [6.07, 6.45) is 0. The van der Waals surface area contributed by atoms with Gasteiger partial charge in [-0.1, -0.05) is 30.3 Å². The molecule has 0 aliphatic heterocycles. The van der Waals surface area contributed by atoms with E-state index in [2.05, 4.69) is 4.98 Å². The summed E-state index contributed by atoms with van der Waals surface area (Å²) in [5.41, 5.74) is 1.81. The van der Waals surface area contributed by atoms with Crippen LogP contribution < -0.4 is 0 Å². The van der Waals surface area contributed by atoms with E-state index in [1.807, 2.05) is 31.2 Å². The van der Waals surface area contributed by atoms with Crippen molar-refractivity contribution in [2.75, 3.05) is 13.2 Å². The van der Waals surface area contributed by atoms with Gasteiger partial charge in [0.15, 0.2) is 6.61 Å². The van der Waals surface area contributed by atoms with E-state index in [1.54, 1.807) is 18.2 Å². The maximum absolute atomic E-state index is 13.3. The number of esters is 1. The molecule has 0 atom stereocenters. The van der Waals surface area contributed by atoms with E-state index in [-0.39, 0.29) is 24.9 Å². The third-order valence-corrected chi connectivity index (χ3v) is 4.07. The number of benzene rings is 2. The van der Waals surface area contributed by atoms with E-state index in [9.17, 15) is 14.0 Å². The third kappa shape index (κ3) is 4.08. The number of carbonyl (C=O) groups is 2. The Bertz CT molecular complexity index is 902. The molecule has 0 saturated carbocycles. The first-order valence-corrected chi connectivity index (χ1v) is 8.34. The van der Waals surface area contributed by atoms with Gasteiger partial charge in [0, 0.05) is 24.0 Å². The van der Waals surface area contributed by atoms with Crippen molar-refractivity contribution in [3.05, 3.63) is 71.7 Å². The van der Waals surface area contributed by atoms with Crippen LogP contribution in [-0.4, -0.2) is 34.9 Å². The number of para-hydroxylation sites is 1. The van der Waals surface area contributed by atoms with Crippen LogP contribution >= 0.6 is 0 Å². The van der Waals surface area contributed by atoms with Crippen LogP contribution in [0.4, 0.5) is 4.39 Å². The lowest BCUT2D eigenvalue weighted by Crippen LogP contribution is -2.34. The summed E-state index contributed by atoms with van der Waals surface area (Å²) < 4.78 is 18.4. The number of rotatable bonds is 6. The van der Waals surface area contributed by atoms with Crippen molar-refractivity contribution in [3.8, 4) is 0 Å². The highest BCUT2D eigenvalue weighted by Crippen LogP contribution is 2.15. The summed E-state index contributed by atoms with van der Waals surface area (Å²) in [7, 11) is 0. The van der Waals surface area contributed by atoms with Crippen LogP contribution in [0.1, 0.15) is 23.0 Å². The number of aromatic amines is 1. The molecule has 26 heavy (non-hydrogen) atoms. The summed E-state index contributed by atoms with van der Waals surface area (Å²) in [5, 5.41) is 0.895. The average Bonchev–Trinajstić information content (AvgIpc) is 3.08. The zero-order chi connectivity index (χ0) is 18.5. The molecule has 0 aliphatic carbocycles. The highest BCUT2D eigenvalue weighted by atomic mass is 19.1. The molecule has 0 saturated heterocycles. The van der Waals surface area contributed by atoms with Crippen molar-refractivity contribution in [2.45, 2.75) is 13.5 Å². The van der Waals surface area contributed by atoms with Crippen LogP contribution in [0.2, 0.25) is 0 Å². The summed E-state index contributed by atoms with van der Waals surface area (Å²) >= 11 is 0. The molecule has 0 bridgehead atoms. The quantitative estimate of drug-likeness (QED) is 0.689. The topological polar surface area (TPSA) is 62.4 Å². The predicted octanol–water partition coefficient (Wildman–Crippen LogP) is 3.51. The van der Waals surface area contributed by atoms with Crippen molar-refractivity contribution in [1.29, 1.82) is 0 Å². The lowest BCUT2D eigenvalue weighted by Gasteiger charge is -2.20. The van der Waals surface area contributed by atoms with Crippen molar-refractivity contribution >= 4 is 22.8 Å². The Morgan fingerprint density at radius 3 is 2.65 bits per heavy atom. The summed E-state index contributed by atoms with van der Waals surface area (Å²) in [6.45, 7) is 2.14. The highest BCUT2D eigenvalue weighted by Gasteiger charge is 2.17. The zero-order valence-electron chi connectivity index (χ0n) is 14.4. The fourth-order valence-electron chi connectivity index (χ4n) is 2.71. The van der Waals surface area contributed by atoms with Crippen molar-refractivity contribution in [3.63, 3.8) is 0 Å². The molecule has 1 aromatic heterocycles. The molecule has 5 nitrogen and oxygen atoms in total. The second kappa shape index (κ2) is 7.82. The van der Waals surface area contributed by atoms with E-state index >= 15 is 0 Å². The Balaban J connectivity index is 1.60. The number of fused-ring (bicyclic) bond motifs is 1. The fraction of sp³-hybridized carbons (Fsp3) is 0.200. The lowest BCUT2D eigenvalue weighted by atomic mass is 10.2. The Hall–Kier alpha value is -3.15. The number of hydrogen-bond acceptors (Lipinski definition) is 3. The Morgan fingerprint density at radius 2 is 1.92 bits per heavy atom. The molecular formula is C20H19FN2O3. The number of nitrogens with one attached hydrogen (secondary N) is 1. The number of amides is 1. The highest BCUT2D eigenvalue weighted by molar-refractivity contribution is 5.95. The van der Waals surface area contributed by atoms with Crippen LogP contribution in [0.25, 0.3) is 10.9 Å². The molecule has 1 heterocycles. The first-order chi connectivity index (χ1) is 12.6. The minimum absolute atomic E-state index is 0.261. The van der Waals surface area contributed by atoms with Crippen LogP contribution in [0.3, 0.4) is 0 Å². The molecule has 0 fully saturated rings. The van der Waals surface area contributed by atoms with Gasteiger partial charge in [0.1, 0.15) is 11.5 Å². The second-order valence-electron chi connectivity index (χ2n) is 5.88. The number of nitrogens with zero attached hydrogens (tertiary/aromatic N) is 1. The molecule has 2 aromatic carbocycles. The predicted molar refractivity (Wildman–Crippen MR) is 96.1 cm³/mol. The van der Waals surface area contributed by atoms with Gasteiger partial charge in [-0.2, -0.15) is 0 Å². The first kappa shape index (κ1) is 17.7. The molecule has 1 amide bonds. The number of H-pyrrole nitrogens is 1. The van der Waals surface area contributed by atoms with Crippen LogP contribution in [-0.2, 0) is 16.1 Å². The summed E-state index contributed by atoms with van der Waals surface area (Å²) in [6, 6.07) is 15.2. The van der Waals surface area contributed by atoms with Gasteiger partial charge >= 0.3 is 5.97 Å². The molecule has 0 aliphatic rings. The van der Waals surface area contributed by atoms with Gasteiger partial charge in [-0.15, -0.1) is 0 Å². The molecule has 0 unspecified atom stereocenters. The summed E-state index contributed by atoms with van der Waals surface area (Å²) in [4.78, 5) is 28.9. The maximum Gasteiger partial charge on any atom is 0.355 e. The molecule has 6 heteroatoms. The van der Waals surface area contributed by atoms with Gasteiger partial charge in [0.05, 0.1) is 0 Å². The molecule has 1 N–H and O–H groups in total. The summed E-state index contributed by atoms with van der Waals surface area (Å²) in [5.74, 6) is -1.27. The Kier molecular flexibility index (Phi) is 5.31. The monoisotopic (exact) mass is 354 g/mol. The van der Waals surface area contributed by atoms with E-state index < -0.39 is 5.97 Å². The second-order valence-corrected chi connectivity index (χ2v) is 5.88. The van der Waals surface area contributed by atoms with Crippen LogP contribution in [0, 0.1) is 5.82 Å². The van der Waals surface area contributed by atoms with Crippen molar-refractivity contribution < 1.29 is 18.7 Å². The average molecular weight is 354 g/mol. The van der Waals surface area contributed by atoms with Gasteiger partial charge in [0.25, 0.3) is 5.91 Å². The van der Waals surface area contributed by atoms with Gasteiger partial charge in [-0.05, 0) is 36.8 Å². The number of aromatic nitrogens is 1. The normalized spacial score (nSPS) is 10.7. The first-order valence-electron chi connectivity index (χ1n) is 8.34. The molecule has 3 rings (SSSR count). The van der Waals surface area contributed by atoms with E-state index in [4.69, 9.17) is 4.74 Å². The van der Waals surface area contributed by atoms with E-state index in [0.717, 1.165) is 10.9 Å². The SMILES string of the molecule is CCN(Cc1cccc(F)c1)C(=O)COC(=O)c1cc2ccccc2[nH]1.